The van der Waals surface area contributed by atoms with Crippen molar-refractivity contribution in [3.05, 3.63) is 23.9 Å². The molecule has 0 aromatic carbocycles. The Labute approximate surface area is 112 Å². The Bertz CT molecular complexity index is 435. The van der Waals surface area contributed by atoms with Crippen molar-refractivity contribution in [2.75, 3.05) is 27.4 Å². The number of amides is 1. The van der Waals surface area contributed by atoms with E-state index in [4.69, 9.17) is 15.2 Å². The molecule has 0 spiro atoms. The van der Waals surface area contributed by atoms with Gasteiger partial charge in [-0.3, -0.25) is 4.79 Å². The van der Waals surface area contributed by atoms with Crippen LogP contribution in [-0.2, 0) is 9.53 Å². The first-order chi connectivity index (χ1) is 9.17. The van der Waals surface area contributed by atoms with Crippen molar-refractivity contribution in [2.45, 2.75) is 18.5 Å². The van der Waals surface area contributed by atoms with Crippen LogP contribution in [0.15, 0.2) is 18.3 Å². The van der Waals surface area contributed by atoms with Crippen LogP contribution in [0.4, 0.5) is 0 Å². The molecule has 6 nitrogen and oxygen atoms in total. The van der Waals surface area contributed by atoms with Crippen LogP contribution >= 0.6 is 0 Å². The van der Waals surface area contributed by atoms with E-state index in [1.165, 1.54) is 0 Å². The Balaban J connectivity index is 2.20. The number of methoxy groups -OCH3 is 2. The second-order valence-corrected chi connectivity index (χ2v) is 4.53. The summed E-state index contributed by atoms with van der Waals surface area (Å²) in [6.45, 7) is 1.04. The summed E-state index contributed by atoms with van der Waals surface area (Å²) in [5.41, 5.74) is 7.00. The molecule has 2 N–H and O–H groups in total. The summed E-state index contributed by atoms with van der Waals surface area (Å²) >= 11 is 0. The van der Waals surface area contributed by atoms with Gasteiger partial charge in [-0.2, -0.15) is 0 Å². The zero-order chi connectivity index (χ0) is 13.8. The summed E-state index contributed by atoms with van der Waals surface area (Å²) in [6.07, 6.45) is 2.07. The fourth-order valence-corrected chi connectivity index (χ4v) is 2.38. The quantitative estimate of drug-likeness (QED) is 0.830. The van der Waals surface area contributed by atoms with Crippen molar-refractivity contribution in [3.8, 4) is 5.88 Å². The average molecular weight is 265 g/mol. The summed E-state index contributed by atoms with van der Waals surface area (Å²) in [6, 6.07) is 3.33. The second-order valence-electron chi connectivity index (χ2n) is 4.53. The molecule has 0 bridgehead atoms. The highest BCUT2D eigenvalue weighted by atomic mass is 16.5. The Morgan fingerprint density at radius 1 is 1.47 bits per heavy atom. The molecule has 1 saturated heterocycles. The van der Waals surface area contributed by atoms with Gasteiger partial charge in [0.05, 0.1) is 19.8 Å². The van der Waals surface area contributed by atoms with Gasteiger partial charge in [0.25, 0.3) is 0 Å². The molecule has 0 aliphatic carbocycles. The van der Waals surface area contributed by atoms with Gasteiger partial charge in [-0.1, -0.05) is 0 Å². The number of ether oxygens (including phenoxy) is 2. The second kappa shape index (κ2) is 5.99. The topological polar surface area (TPSA) is 77.7 Å². The third-order valence-corrected chi connectivity index (χ3v) is 3.32. The van der Waals surface area contributed by atoms with Gasteiger partial charge >= 0.3 is 0 Å². The van der Waals surface area contributed by atoms with Crippen molar-refractivity contribution in [2.24, 2.45) is 5.73 Å². The molecule has 2 heterocycles. The first-order valence-corrected chi connectivity index (χ1v) is 6.21. The maximum atomic E-state index is 11.9. The van der Waals surface area contributed by atoms with Crippen molar-refractivity contribution in [1.29, 1.82) is 0 Å². The minimum absolute atomic E-state index is 0.0605. The molecule has 1 aromatic heterocycles. The molecule has 19 heavy (non-hydrogen) atoms. The molecule has 104 valence electrons. The smallest absolute Gasteiger partial charge is 0.224 e. The molecular formula is C13H19N3O3. The van der Waals surface area contributed by atoms with Crippen LogP contribution in [0.3, 0.4) is 0 Å². The van der Waals surface area contributed by atoms with E-state index < -0.39 is 0 Å². The van der Waals surface area contributed by atoms with Gasteiger partial charge < -0.3 is 20.1 Å². The SMILES string of the molecule is COCCN1C(=O)CC(N)C1c1ccc(OC)nc1. The fraction of sp³-hybridized carbons (Fsp3) is 0.538. The van der Waals surface area contributed by atoms with Crippen molar-refractivity contribution < 1.29 is 14.3 Å². The van der Waals surface area contributed by atoms with Gasteiger partial charge in [-0.05, 0) is 11.6 Å². The Hall–Kier alpha value is -1.66. The van der Waals surface area contributed by atoms with Crippen LogP contribution in [0.25, 0.3) is 0 Å². The predicted molar refractivity (Wildman–Crippen MR) is 69.7 cm³/mol. The van der Waals surface area contributed by atoms with Crippen LogP contribution in [0.2, 0.25) is 0 Å². The lowest BCUT2D eigenvalue weighted by molar-refractivity contribution is -0.129. The van der Waals surface area contributed by atoms with E-state index in [1.54, 1.807) is 31.4 Å². The molecule has 1 amide bonds. The average Bonchev–Trinajstić information content (AvgIpc) is 2.71. The van der Waals surface area contributed by atoms with Gasteiger partial charge in [0.15, 0.2) is 0 Å². The zero-order valence-corrected chi connectivity index (χ0v) is 11.2. The van der Waals surface area contributed by atoms with E-state index in [1.807, 2.05) is 6.07 Å². The van der Waals surface area contributed by atoms with Gasteiger partial charge in [0.2, 0.25) is 11.8 Å². The number of rotatable bonds is 5. The number of hydrogen-bond acceptors (Lipinski definition) is 5. The molecule has 1 aliphatic rings. The molecule has 1 aromatic rings. The van der Waals surface area contributed by atoms with E-state index in [2.05, 4.69) is 4.98 Å². The van der Waals surface area contributed by atoms with Crippen molar-refractivity contribution in [1.82, 2.24) is 9.88 Å². The Morgan fingerprint density at radius 2 is 2.26 bits per heavy atom. The predicted octanol–water partition coefficient (Wildman–Crippen LogP) is 0.337. The van der Waals surface area contributed by atoms with E-state index in [9.17, 15) is 4.79 Å². The number of hydrogen-bond donors (Lipinski definition) is 1. The number of likely N-dealkylation sites (tertiary alicyclic amines) is 1. The number of nitrogens with zero attached hydrogens (tertiary/aromatic N) is 2. The fourth-order valence-electron chi connectivity index (χ4n) is 2.38. The number of carbonyl (C=O) groups excluding carboxylic acids is 1. The van der Waals surface area contributed by atoms with Gasteiger partial charge in [0, 0.05) is 38.4 Å². The molecule has 2 atom stereocenters. The minimum atomic E-state index is -0.209. The Morgan fingerprint density at radius 3 is 2.84 bits per heavy atom. The van der Waals surface area contributed by atoms with Crippen LogP contribution < -0.4 is 10.5 Å². The normalized spacial score (nSPS) is 22.9. The Kier molecular flexibility index (Phi) is 4.34. The molecular weight excluding hydrogens is 246 g/mol. The highest BCUT2D eigenvalue weighted by molar-refractivity contribution is 5.80. The number of nitrogens with two attached hydrogens (primary N) is 1. The third-order valence-electron chi connectivity index (χ3n) is 3.32. The van der Waals surface area contributed by atoms with E-state index in [0.29, 0.717) is 25.5 Å². The van der Waals surface area contributed by atoms with Gasteiger partial charge in [-0.25, -0.2) is 4.98 Å². The lowest BCUT2D eigenvalue weighted by Gasteiger charge is -2.26. The maximum absolute atomic E-state index is 11.9. The molecule has 1 aliphatic heterocycles. The summed E-state index contributed by atoms with van der Waals surface area (Å²) < 4.78 is 10.1. The monoisotopic (exact) mass is 265 g/mol. The van der Waals surface area contributed by atoms with Gasteiger partial charge in [-0.15, -0.1) is 0 Å². The largest absolute Gasteiger partial charge is 0.481 e. The lowest BCUT2D eigenvalue weighted by Crippen LogP contribution is -2.35. The summed E-state index contributed by atoms with van der Waals surface area (Å²) in [5, 5.41) is 0. The van der Waals surface area contributed by atoms with E-state index in [-0.39, 0.29) is 18.0 Å². The molecule has 1 fully saturated rings. The van der Waals surface area contributed by atoms with Crippen molar-refractivity contribution in [3.63, 3.8) is 0 Å². The zero-order valence-electron chi connectivity index (χ0n) is 11.2. The number of carbonyl (C=O) groups is 1. The lowest BCUT2D eigenvalue weighted by atomic mass is 10.0. The van der Waals surface area contributed by atoms with E-state index in [0.717, 1.165) is 5.56 Å². The minimum Gasteiger partial charge on any atom is -0.481 e. The van der Waals surface area contributed by atoms with E-state index >= 15 is 0 Å². The first-order valence-electron chi connectivity index (χ1n) is 6.21. The van der Waals surface area contributed by atoms with Crippen molar-refractivity contribution >= 4 is 5.91 Å². The first kappa shape index (κ1) is 13.8. The number of aromatic nitrogens is 1. The highest BCUT2D eigenvalue weighted by Crippen LogP contribution is 2.31. The van der Waals surface area contributed by atoms with Crippen LogP contribution in [0.1, 0.15) is 18.0 Å². The summed E-state index contributed by atoms with van der Waals surface area (Å²) in [7, 11) is 3.18. The van der Waals surface area contributed by atoms with Crippen LogP contribution in [-0.4, -0.2) is 49.2 Å². The third kappa shape index (κ3) is 2.85. The molecule has 2 unspecified atom stereocenters. The van der Waals surface area contributed by atoms with Gasteiger partial charge in [0.1, 0.15) is 0 Å². The van der Waals surface area contributed by atoms with Crippen LogP contribution in [0.5, 0.6) is 5.88 Å². The summed E-state index contributed by atoms with van der Waals surface area (Å²) in [5.74, 6) is 0.607. The molecule has 2 rings (SSSR count). The molecule has 6 heteroatoms. The standard InChI is InChI=1S/C13H19N3O3/c1-18-6-5-16-12(17)7-10(14)13(16)9-3-4-11(19-2)15-8-9/h3-4,8,10,13H,5-7,14H2,1-2H3. The maximum Gasteiger partial charge on any atom is 0.224 e. The van der Waals surface area contributed by atoms with Crippen LogP contribution in [0, 0.1) is 0 Å². The highest BCUT2D eigenvalue weighted by Gasteiger charge is 2.38. The molecule has 0 radical (unpaired) electrons. The summed E-state index contributed by atoms with van der Waals surface area (Å²) in [4.78, 5) is 17.9. The molecule has 0 saturated carbocycles. The number of pyridine rings is 1.